The van der Waals surface area contributed by atoms with Gasteiger partial charge in [0.05, 0.1) is 7.11 Å². The van der Waals surface area contributed by atoms with Crippen LogP contribution >= 0.6 is 11.8 Å². The third-order valence-electron chi connectivity index (χ3n) is 3.29. The van der Waals surface area contributed by atoms with Crippen LogP contribution in [0.15, 0.2) is 18.2 Å². The number of urea groups is 1. The largest absolute Gasteiger partial charge is 0.467 e. The number of ether oxygens (including phenoxy) is 3. The molecule has 0 aromatic heterocycles. The maximum atomic E-state index is 12.0. The van der Waals surface area contributed by atoms with Crippen molar-refractivity contribution >= 4 is 23.8 Å². The summed E-state index contributed by atoms with van der Waals surface area (Å²) >= 11 is 1.60. The smallest absolute Gasteiger partial charge is 0.328 e. The molecular weight excluding hydrogens is 320 g/mol. The van der Waals surface area contributed by atoms with Crippen molar-refractivity contribution in [2.45, 2.75) is 19.0 Å². The topological polar surface area (TPSA) is 85.9 Å². The molecule has 0 aliphatic carbocycles. The van der Waals surface area contributed by atoms with Gasteiger partial charge in [-0.3, -0.25) is 0 Å². The van der Waals surface area contributed by atoms with Gasteiger partial charge in [-0.05, 0) is 36.1 Å². The highest BCUT2D eigenvalue weighted by Crippen LogP contribution is 2.32. The third kappa shape index (κ3) is 4.95. The van der Waals surface area contributed by atoms with Crippen LogP contribution in [0.2, 0.25) is 0 Å². The van der Waals surface area contributed by atoms with Crippen molar-refractivity contribution < 1.29 is 23.8 Å². The lowest BCUT2D eigenvalue weighted by atomic mass is 10.2. The second kappa shape index (κ2) is 8.52. The number of carbonyl (C=O) groups excluding carboxylic acids is 2. The van der Waals surface area contributed by atoms with Crippen molar-refractivity contribution in [2.75, 3.05) is 25.9 Å². The summed E-state index contributed by atoms with van der Waals surface area (Å²) in [5.74, 6) is 1.66. The van der Waals surface area contributed by atoms with Gasteiger partial charge in [0, 0.05) is 6.54 Å². The van der Waals surface area contributed by atoms with Crippen molar-refractivity contribution in [1.29, 1.82) is 0 Å². The Morgan fingerprint density at radius 3 is 2.87 bits per heavy atom. The van der Waals surface area contributed by atoms with Crippen LogP contribution in [-0.2, 0) is 16.1 Å². The summed E-state index contributed by atoms with van der Waals surface area (Å²) in [6.45, 7) is 0.530. The molecule has 7 nitrogen and oxygen atoms in total. The first-order valence-electron chi connectivity index (χ1n) is 7.13. The van der Waals surface area contributed by atoms with E-state index in [4.69, 9.17) is 14.2 Å². The molecule has 0 fully saturated rings. The van der Waals surface area contributed by atoms with Crippen LogP contribution in [0.4, 0.5) is 4.79 Å². The van der Waals surface area contributed by atoms with Gasteiger partial charge in [0.1, 0.15) is 6.04 Å². The molecule has 0 spiro atoms. The molecule has 1 aromatic rings. The fourth-order valence-electron chi connectivity index (χ4n) is 2.07. The van der Waals surface area contributed by atoms with Crippen molar-refractivity contribution in [1.82, 2.24) is 10.6 Å². The number of benzene rings is 1. The lowest BCUT2D eigenvalue weighted by Gasteiger charge is -2.16. The zero-order chi connectivity index (χ0) is 16.7. The SMILES string of the molecule is COC(=O)[C@H](CCSC)NC(=O)NCc1ccc2c(c1)OCO2. The van der Waals surface area contributed by atoms with Crippen molar-refractivity contribution in [3.8, 4) is 11.5 Å². The molecule has 0 bridgehead atoms. The number of nitrogens with one attached hydrogen (secondary N) is 2. The Kier molecular flexibility index (Phi) is 6.40. The molecule has 0 saturated carbocycles. The Hall–Kier alpha value is -2.09. The number of hydrogen-bond donors (Lipinski definition) is 2. The van der Waals surface area contributed by atoms with Crippen LogP contribution in [0, 0.1) is 0 Å². The van der Waals surface area contributed by atoms with Gasteiger partial charge in [0.25, 0.3) is 0 Å². The van der Waals surface area contributed by atoms with E-state index >= 15 is 0 Å². The fraction of sp³-hybridized carbons (Fsp3) is 0.467. The first-order valence-corrected chi connectivity index (χ1v) is 8.53. The molecule has 2 rings (SSSR count). The minimum atomic E-state index is -0.649. The summed E-state index contributed by atoms with van der Waals surface area (Å²) in [5, 5.41) is 5.35. The molecule has 0 saturated heterocycles. The van der Waals surface area contributed by atoms with Gasteiger partial charge in [-0.25, -0.2) is 9.59 Å². The Morgan fingerprint density at radius 1 is 1.35 bits per heavy atom. The normalized spacial score (nSPS) is 13.3. The minimum absolute atomic E-state index is 0.211. The maximum absolute atomic E-state index is 12.0. The van der Waals surface area contributed by atoms with Crippen LogP contribution in [0.1, 0.15) is 12.0 Å². The van der Waals surface area contributed by atoms with E-state index in [1.54, 1.807) is 17.8 Å². The number of hydrogen-bond acceptors (Lipinski definition) is 6. The Morgan fingerprint density at radius 2 is 2.13 bits per heavy atom. The first kappa shape index (κ1) is 17.3. The van der Waals surface area contributed by atoms with Crippen LogP contribution in [-0.4, -0.2) is 44.0 Å². The van der Waals surface area contributed by atoms with Crippen LogP contribution in [0.5, 0.6) is 11.5 Å². The van der Waals surface area contributed by atoms with E-state index in [1.165, 1.54) is 7.11 Å². The molecule has 1 aliphatic heterocycles. The summed E-state index contributed by atoms with van der Waals surface area (Å²) in [6.07, 6.45) is 2.46. The summed E-state index contributed by atoms with van der Waals surface area (Å²) in [6, 6.07) is 4.39. The standard InChI is InChI=1S/C15H20N2O5S/c1-20-14(18)11(5-6-23-2)17-15(19)16-8-10-3-4-12-13(7-10)22-9-21-12/h3-4,7,11H,5-6,8-9H2,1-2H3,(H2,16,17,19)/t11-/m0/s1. The van der Waals surface area contributed by atoms with E-state index in [0.717, 1.165) is 11.3 Å². The molecule has 2 amide bonds. The summed E-state index contributed by atoms with van der Waals surface area (Å²) in [7, 11) is 1.31. The molecule has 1 aromatic carbocycles. The van der Waals surface area contributed by atoms with E-state index in [0.29, 0.717) is 24.5 Å². The molecular formula is C15H20N2O5S. The van der Waals surface area contributed by atoms with Gasteiger partial charge in [-0.15, -0.1) is 0 Å². The highest BCUT2D eigenvalue weighted by atomic mass is 32.2. The summed E-state index contributed by atoms with van der Waals surface area (Å²) < 4.78 is 15.2. The average molecular weight is 340 g/mol. The molecule has 1 atom stereocenters. The second-order valence-corrected chi connectivity index (χ2v) is 5.86. The van der Waals surface area contributed by atoms with Crippen LogP contribution in [0.3, 0.4) is 0 Å². The maximum Gasteiger partial charge on any atom is 0.328 e. The predicted molar refractivity (Wildman–Crippen MR) is 86.7 cm³/mol. The van der Waals surface area contributed by atoms with Gasteiger partial charge < -0.3 is 24.8 Å². The molecule has 0 radical (unpaired) electrons. The Labute approximate surface area is 139 Å². The molecule has 126 valence electrons. The van der Waals surface area contributed by atoms with Crippen molar-refractivity contribution in [3.63, 3.8) is 0 Å². The van der Waals surface area contributed by atoms with E-state index < -0.39 is 18.0 Å². The fourth-order valence-corrected chi connectivity index (χ4v) is 2.54. The first-order chi connectivity index (χ1) is 11.1. The average Bonchev–Trinajstić information content (AvgIpc) is 3.03. The molecule has 23 heavy (non-hydrogen) atoms. The number of methoxy groups -OCH3 is 1. The van der Waals surface area contributed by atoms with Crippen LogP contribution < -0.4 is 20.1 Å². The van der Waals surface area contributed by atoms with Gasteiger partial charge >= 0.3 is 12.0 Å². The van der Waals surface area contributed by atoms with E-state index in [2.05, 4.69) is 10.6 Å². The molecule has 0 unspecified atom stereocenters. The summed E-state index contributed by atoms with van der Waals surface area (Å²) in [4.78, 5) is 23.6. The third-order valence-corrected chi connectivity index (χ3v) is 3.94. The van der Waals surface area contributed by atoms with Gasteiger partial charge in [0.15, 0.2) is 11.5 Å². The van der Waals surface area contributed by atoms with Gasteiger partial charge in [0.2, 0.25) is 6.79 Å². The van der Waals surface area contributed by atoms with Gasteiger partial charge in [-0.2, -0.15) is 11.8 Å². The Bertz CT molecular complexity index is 567. The zero-order valence-electron chi connectivity index (χ0n) is 13.1. The molecule has 2 N–H and O–H groups in total. The monoisotopic (exact) mass is 340 g/mol. The van der Waals surface area contributed by atoms with Gasteiger partial charge in [-0.1, -0.05) is 6.07 Å². The minimum Gasteiger partial charge on any atom is -0.467 e. The predicted octanol–water partition coefficient (Wildman–Crippen LogP) is 1.51. The summed E-state index contributed by atoms with van der Waals surface area (Å²) in [5.41, 5.74) is 0.878. The van der Waals surface area contributed by atoms with E-state index in [-0.39, 0.29) is 6.79 Å². The number of amides is 2. The lowest BCUT2D eigenvalue weighted by molar-refractivity contribution is -0.142. The van der Waals surface area contributed by atoms with Crippen molar-refractivity contribution in [3.05, 3.63) is 23.8 Å². The zero-order valence-corrected chi connectivity index (χ0v) is 13.9. The quantitative estimate of drug-likeness (QED) is 0.732. The molecule has 1 aliphatic rings. The highest BCUT2D eigenvalue weighted by molar-refractivity contribution is 7.98. The highest BCUT2D eigenvalue weighted by Gasteiger charge is 2.21. The lowest BCUT2D eigenvalue weighted by Crippen LogP contribution is -2.46. The van der Waals surface area contributed by atoms with E-state index in [9.17, 15) is 9.59 Å². The number of fused-ring (bicyclic) bond motifs is 1. The number of thioether (sulfide) groups is 1. The number of rotatable bonds is 7. The molecule has 1 heterocycles. The van der Waals surface area contributed by atoms with Crippen LogP contribution in [0.25, 0.3) is 0 Å². The Balaban J connectivity index is 1.84. The molecule has 8 heteroatoms. The van der Waals surface area contributed by atoms with E-state index in [1.807, 2.05) is 18.4 Å². The number of carbonyl (C=O) groups is 2. The second-order valence-electron chi connectivity index (χ2n) is 4.87. The number of esters is 1. The van der Waals surface area contributed by atoms with Crippen molar-refractivity contribution in [2.24, 2.45) is 0 Å².